The minimum absolute atomic E-state index is 0.0732. The molecule has 29 heavy (non-hydrogen) atoms. The average Bonchev–Trinajstić information content (AvgIpc) is 3.29. The Morgan fingerprint density at radius 1 is 1.21 bits per heavy atom. The maximum atomic E-state index is 13.4. The van der Waals surface area contributed by atoms with Gasteiger partial charge in [-0.25, -0.2) is 14.4 Å². The largest absolute Gasteiger partial charge is 0.337 e. The molecular formula is C20H14FN5O2S. The van der Waals surface area contributed by atoms with E-state index < -0.39 is 0 Å². The summed E-state index contributed by atoms with van der Waals surface area (Å²) in [5.41, 5.74) is 2.91. The zero-order chi connectivity index (χ0) is 20.1. The SMILES string of the molecule is Cc1cc(C)c2c(n1)sc1c(=O)n(Cc3nc(-c4cccc(F)c4)no3)cnc12. The standard InChI is InChI=1S/C20H14FN5O2S/c1-10-6-11(2)23-19-15(10)16-17(29-19)20(27)26(9-22-16)8-14-24-18(25-28-14)12-4-3-5-13(21)7-12/h3-7,9H,8H2,1-2H3. The quantitative estimate of drug-likeness (QED) is 0.451. The van der Waals surface area contributed by atoms with E-state index in [1.54, 1.807) is 12.1 Å². The first-order valence-electron chi connectivity index (χ1n) is 8.84. The van der Waals surface area contributed by atoms with Crippen molar-refractivity contribution in [2.45, 2.75) is 20.4 Å². The van der Waals surface area contributed by atoms with Crippen LogP contribution in [0.1, 0.15) is 17.1 Å². The molecule has 0 bridgehead atoms. The van der Waals surface area contributed by atoms with Crippen LogP contribution in [0.2, 0.25) is 0 Å². The fourth-order valence-electron chi connectivity index (χ4n) is 3.32. The van der Waals surface area contributed by atoms with Crippen molar-refractivity contribution in [3.05, 3.63) is 70.0 Å². The molecule has 5 aromatic rings. The molecule has 0 aliphatic rings. The van der Waals surface area contributed by atoms with Gasteiger partial charge in [-0.3, -0.25) is 9.36 Å². The van der Waals surface area contributed by atoms with E-state index in [4.69, 9.17) is 4.52 Å². The first-order chi connectivity index (χ1) is 14.0. The third-order valence-corrected chi connectivity index (χ3v) is 5.66. The van der Waals surface area contributed by atoms with Crippen molar-refractivity contribution in [2.24, 2.45) is 0 Å². The molecule has 4 heterocycles. The summed E-state index contributed by atoms with van der Waals surface area (Å²) in [7, 11) is 0. The van der Waals surface area contributed by atoms with Crippen LogP contribution < -0.4 is 5.56 Å². The molecular weight excluding hydrogens is 393 g/mol. The summed E-state index contributed by atoms with van der Waals surface area (Å²) in [5.74, 6) is 0.112. The summed E-state index contributed by atoms with van der Waals surface area (Å²) < 4.78 is 20.6. The lowest BCUT2D eigenvalue weighted by Gasteiger charge is -2.01. The molecule has 0 aliphatic heterocycles. The van der Waals surface area contributed by atoms with Crippen molar-refractivity contribution in [1.82, 2.24) is 24.7 Å². The summed E-state index contributed by atoms with van der Waals surface area (Å²) in [5, 5.41) is 4.78. The van der Waals surface area contributed by atoms with E-state index >= 15 is 0 Å². The molecule has 7 nitrogen and oxygen atoms in total. The van der Waals surface area contributed by atoms with Crippen LogP contribution in [-0.2, 0) is 6.54 Å². The van der Waals surface area contributed by atoms with Crippen LogP contribution >= 0.6 is 11.3 Å². The summed E-state index contributed by atoms with van der Waals surface area (Å²) in [6, 6.07) is 7.90. The lowest BCUT2D eigenvalue weighted by atomic mass is 10.1. The molecule has 0 fully saturated rings. The summed E-state index contributed by atoms with van der Waals surface area (Å²) >= 11 is 1.33. The monoisotopic (exact) mass is 407 g/mol. The Morgan fingerprint density at radius 3 is 2.90 bits per heavy atom. The van der Waals surface area contributed by atoms with Gasteiger partial charge in [-0.2, -0.15) is 4.98 Å². The van der Waals surface area contributed by atoms with E-state index in [0.717, 1.165) is 21.5 Å². The van der Waals surface area contributed by atoms with Crippen molar-refractivity contribution >= 4 is 31.8 Å². The number of rotatable bonds is 3. The highest BCUT2D eigenvalue weighted by Crippen LogP contribution is 2.31. The second-order valence-electron chi connectivity index (χ2n) is 6.74. The van der Waals surface area contributed by atoms with Gasteiger partial charge in [-0.1, -0.05) is 17.3 Å². The van der Waals surface area contributed by atoms with E-state index in [-0.39, 0.29) is 29.6 Å². The van der Waals surface area contributed by atoms with Crippen LogP contribution in [0.3, 0.4) is 0 Å². The number of thiophene rings is 1. The topological polar surface area (TPSA) is 86.7 Å². The zero-order valence-electron chi connectivity index (χ0n) is 15.5. The fraction of sp³-hybridized carbons (Fsp3) is 0.150. The third kappa shape index (κ3) is 2.99. The van der Waals surface area contributed by atoms with E-state index in [1.165, 1.54) is 34.4 Å². The molecule has 0 aliphatic carbocycles. The van der Waals surface area contributed by atoms with Crippen molar-refractivity contribution < 1.29 is 8.91 Å². The molecule has 0 amide bonds. The Balaban J connectivity index is 1.55. The highest BCUT2D eigenvalue weighted by Gasteiger charge is 2.16. The van der Waals surface area contributed by atoms with Crippen molar-refractivity contribution in [2.75, 3.05) is 0 Å². The minimum Gasteiger partial charge on any atom is -0.337 e. The molecule has 0 radical (unpaired) electrons. The normalized spacial score (nSPS) is 11.6. The molecule has 144 valence electrons. The second-order valence-corrected chi connectivity index (χ2v) is 7.74. The van der Waals surface area contributed by atoms with Crippen molar-refractivity contribution in [1.29, 1.82) is 0 Å². The van der Waals surface area contributed by atoms with Crippen LogP contribution in [0.25, 0.3) is 31.8 Å². The number of halogens is 1. The lowest BCUT2D eigenvalue weighted by molar-refractivity contribution is 0.369. The number of hydrogen-bond acceptors (Lipinski definition) is 7. The van der Waals surface area contributed by atoms with Crippen LogP contribution in [0.15, 0.2) is 46.0 Å². The molecule has 9 heteroatoms. The van der Waals surface area contributed by atoms with Gasteiger partial charge in [0.25, 0.3) is 5.56 Å². The van der Waals surface area contributed by atoms with Gasteiger partial charge in [-0.15, -0.1) is 11.3 Å². The molecule has 4 aromatic heterocycles. The second kappa shape index (κ2) is 6.56. The zero-order valence-corrected chi connectivity index (χ0v) is 16.3. The van der Waals surface area contributed by atoms with Gasteiger partial charge in [-0.05, 0) is 37.6 Å². The molecule has 0 unspecified atom stereocenters. The average molecular weight is 407 g/mol. The molecule has 0 saturated heterocycles. The van der Waals surface area contributed by atoms with Gasteiger partial charge in [0.15, 0.2) is 0 Å². The molecule has 0 saturated carbocycles. The summed E-state index contributed by atoms with van der Waals surface area (Å²) in [6.45, 7) is 3.99. The predicted molar refractivity (Wildman–Crippen MR) is 107 cm³/mol. The van der Waals surface area contributed by atoms with Gasteiger partial charge in [0, 0.05) is 16.6 Å². The maximum Gasteiger partial charge on any atom is 0.271 e. The summed E-state index contributed by atoms with van der Waals surface area (Å²) in [6.07, 6.45) is 1.47. The first-order valence-corrected chi connectivity index (χ1v) is 9.65. The van der Waals surface area contributed by atoms with E-state index in [0.29, 0.717) is 15.8 Å². The van der Waals surface area contributed by atoms with Crippen LogP contribution in [0.5, 0.6) is 0 Å². The number of aryl methyl sites for hydroxylation is 2. The fourth-order valence-corrected chi connectivity index (χ4v) is 4.52. The Labute approximate surface area is 167 Å². The lowest BCUT2D eigenvalue weighted by Crippen LogP contribution is -2.20. The first kappa shape index (κ1) is 17.6. The van der Waals surface area contributed by atoms with Crippen LogP contribution in [0, 0.1) is 19.7 Å². The van der Waals surface area contributed by atoms with Gasteiger partial charge in [0.05, 0.1) is 11.8 Å². The van der Waals surface area contributed by atoms with Crippen LogP contribution in [0.4, 0.5) is 4.39 Å². The Morgan fingerprint density at radius 2 is 2.07 bits per heavy atom. The Hall–Kier alpha value is -3.46. The predicted octanol–water partition coefficient (Wildman–Crippen LogP) is 3.86. The van der Waals surface area contributed by atoms with E-state index in [9.17, 15) is 9.18 Å². The number of nitrogens with zero attached hydrogens (tertiary/aromatic N) is 5. The smallest absolute Gasteiger partial charge is 0.271 e. The van der Waals surface area contributed by atoms with E-state index in [2.05, 4.69) is 20.1 Å². The maximum absolute atomic E-state index is 13.4. The highest BCUT2D eigenvalue weighted by atomic mass is 32.1. The van der Waals surface area contributed by atoms with Crippen molar-refractivity contribution in [3.8, 4) is 11.4 Å². The highest BCUT2D eigenvalue weighted by molar-refractivity contribution is 7.25. The molecule has 1 aromatic carbocycles. The van der Waals surface area contributed by atoms with Gasteiger partial charge < -0.3 is 4.52 Å². The van der Waals surface area contributed by atoms with Gasteiger partial charge in [0.2, 0.25) is 11.7 Å². The van der Waals surface area contributed by atoms with Gasteiger partial charge in [0.1, 0.15) is 21.9 Å². The molecule has 0 N–H and O–H groups in total. The number of fused-ring (bicyclic) bond motifs is 3. The third-order valence-electron chi connectivity index (χ3n) is 4.60. The molecule has 5 rings (SSSR count). The number of pyridine rings is 1. The minimum atomic E-state index is -0.386. The van der Waals surface area contributed by atoms with E-state index in [1.807, 2.05) is 19.9 Å². The Kier molecular flexibility index (Phi) is 3.99. The van der Waals surface area contributed by atoms with Crippen molar-refractivity contribution in [3.63, 3.8) is 0 Å². The number of aromatic nitrogens is 5. The summed E-state index contributed by atoms with van der Waals surface area (Å²) in [4.78, 5) is 27.1. The number of hydrogen-bond donors (Lipinski definition) is 0. The Bertz CT molecular complexity index is 1450. The number of benzene rings is 1. The molecule has 0 atom stereocenters. The molecule has 0 spiro atoms. The van der Waals surface area contributed by atoms with Crippen LogP contribution in [-0.4, -0.2) is 24.7 Å². The van der Waals surface area contributed by atoms with Gasteiger partial charge >= 0.3 is 0 Å².